The van der Waals surface area contributed by atoms with Crippen molar-refractivity contribution in [2.45, 2.75) is 20.3 Å². The lowest BCUT2D eigenvalue weighted by molar-refractivity contribution is -0.136. The van der Waals surface area contributed by atoms with Crippen molar-refractivity contribution in [2.75, 3.05) is 11.9 Å². The minimum Gasteiger partial charge on any atom is -0.361 e. The molecule has 1 aromatic heterocycles. The van der Waals surface area contributed by atoms with Gasteiger partial charge in [-0.15, -0.1) is 0 Å². The first-order valence-electron chi connectivity index (χ1n) is 7.13. The number of rotatable bonds is 4. The molecule has 0 saturated carbocycles. The minimum absolute atomic E-state index is 0.216. The quantitative estimate of drug-likeness (QED) is 0.824. The van der Waals surface area contributed by atoms with Crippen molar-refractivity contribution in [3.8, 4) is 6.07 Å². The number of benzene rings is 1. The molecule has 0 bridgehead atoms. The van der Waals surface area contributed by atoms with Crippen LogP contribution in [0.3, 0.4) is 0 Å². The van der Waals surface area contributed by atoms with E-state index in [9.17, 15) is 9.59 Å². The number of nitrogens with zero attached hydrogens (tertiary/aromatic N) is 2. The van der Waals surface area contributed by atoms with Gasteiger partial charge < -0.3 is 15.2 Å². The van der Waals surface area contributed by atoms with Gasteiger partial charge in [-0.2, -0.15) is 5.26 Å². The Morgan fingerprint density at radius 3 is 2.71 bits per heavy atom. The molecule has 1 aromatic carbocycles. The number of aryl methyl sites for hydroxylation is 2. The fourth-order valence-electron chi connectivity index (χ4n) is 2.12. The van der Waals surface area contributed by atoms with Gasteiger partial charge in [0.2, 0.25) is 0 Å². The maximum absolute atomic E-state index is 11.9. The molecule has 0 fully saturated rings. The first-order chi connectivity index (χ1) is 11.4. The number of nitriles is 1. The van der Waals surface area contributed by atoms with Gasteiger partial charge in [-0.1, -0.05) is 16.8 Å². The number of hydrogen-bond donors (Lipinski definition) is 2. The topological polar surface area (TPSA) is 108 Å². The Hall–Kier alpha value is -2.85. The van der Waals surface area contributed by atoms with Crippen LogP contribution in [0.25, 0.3) is 0 Å². The highest BCUT2D eigenvalue weighted by Crippen LogP contribution is 2.19. The van der Waals surface area contributed by atoms with Gasteiger partial charge in [-0.3, -0.25) is 9.59 Å². The number of anilines is 1. The molecule has 0 radical (unpaired) electrons. The minimum atomic E-state index is -0.819. The Morgan fingerprint density at radius 1 is 1.33 bits per heavy atom. The summed E-state index contributed by atoms with van der Waals surface area (Å²) >= 11 is 5.81. The number of hydrogen-bond acceptors (Lipinski definition) is 5. The van der Waals surface area contributed by atoms with Gasteiger partial charge in [0.05, 0.1) is 16.3 Å². The molecule has 0 saturated heterocycles. The molecular formula is C16H15ClN4O3. The average molecular weight is 347 g/mol. The number of aromatic nitrogens is 1. The second-order valence-corrected chi connectivity index (χ2v) is 5.48. The van der Waals surface area contributed by atoms with Crippen LogP contribution in [0.2, 0.25) is 5.02 Å². The highest BCUT2D eigenvalue weighted by molar-refractivity contribution is 6.39. The molecule has 2 aromatic rings. The van der Waals surface area contributed by atoms with Gasteiger partial charge in [0, 0.05) is 17.8 Å². The Kier molecular flexibility index (Phi) is 5.55. The van der Waals surface area contributed by atoms with Gasteiger partial charge in [0.15, 0.2) is 0 Å². The normalized spacial score (nSPS) is 10.1. The SMILES string of the molecule is Cc1noc(C)c1CCNC(=O)C(=O)Nc1ccc(Cl)c(C#N)c1. The summed E-state index contributed by atoms with van der Waals surface area (Å²) < 4.78 is 5.03. The van der Waals surface area contributed by atoms with Crippen molar-refractivity contribution >= 4 is 29.1 Å². The molecule has 0 aliphatic rings. The maximum Gasteiger partial charge on any atom is 0.313 e. The van der Waals surface area contributed by atoms with Crippen LogP contribution < -0.4 is 10.6 Å². The van der Waals surface area contributed by atoms with E-state index in [-0.39, 0.29) is 17.1 Å². The van der Waals surface area contributed by atoms with E-state index in [1.54, 1.807) is 6.92 Å². The lowest BCUT2D eigenvalue weighted by Crippen LogP contribution is -2.36. The van der Waals surface area contributed by atoms with Crippen LogP contribution in [-0.2, 0) is 16.0 Å². The molecule has 2 N–H and O–H groups in total. The van der Waals surface area contributed by atoms with Crippen LogP contribution in [0.15, 0.2) is 22.7 Å². The fraction of sp³-hybridized carbons (Fsp3) is 0.250. The van der Waals surface area contributed by atoms with Crippen LogP contribution in [0.5, 0.6) is 0 Å². The van der Waals surface area contributed by atoms with E-state index in [0.717, 1.165) is 11.3 Å². The molecular weight excluding hydrogens is 332 g/mol. The third kappa shape index (κ3) is 4.12. The first-order valence-corrected chi connectivity index (χ1v) is 7.50. The number of halogens is 1. The summed E-state index contributed by atoms with van der Waals surface area (Å²) in [5.74, 6) is -0.897. The van der Waals surface area contributed by atoms with Crippen molar-refractivity contribution in [2.24, 2.45) is 0 Å². The molecule has 0 atom stereocenters. The Bertz CT molecular complexity index is 804. The number of carbonyl (C=O) groups excluding carboxylic acids is 2. The van der Waals surface area contributed by atoms with Crippen molar-refractivity contribution in [1.29, 1.82) is 5.26 Å². The largest absolute Gasteiger partial charge is 0.361 e. The highest BCUT2D eigenvalue weighted by Gasteiger charge is 2.15. The molecule has 8 heteroatoms. The number of nitrogens with one attached hydrogen (secondary N) is 2. The van der Waals surface area contributed by atoms with E-state index in [1.807, 2.05) is 13.0 Å². The van der Waals surface area contributed by atoms with Crippen LogP contribution in [0.4, 0.5) is 5.69 Å². The maximum atomic E-state index is 11.9. The zero-order chi connectivity index (χ0) is 17.7. The van der Waals surface area contributed by atoms with Crippen LogP contribution >= 0.6 is 11.6 Å². The van der Waals surface area contributed by atoms with Gasteiger partial charge in [-0.25, -0.2) is 0 Å². The van der Waals surface area contributed by atoms with Gasteiger partial charge >= 0.3 is 11.8 Å². The molecule has 2 rings (SSSR count). The summed E-state index contributed by atoms with van der Waals surface area (Å²) in [6, 6.07) is 6.29. The lowest BCUT2D eigenvalue weighted by Gasteiger charge is -2.07. The summed E-state index contributed by atoms with van der Waals surface area (Å²) in [5, 5.41) is 17.9. The molecule has 2 amide bonds. The predicted molar refractivity (Wildman–Crippen MR) is 87.5 cm³/mol. The van der Waals surface area contributed by atoms with E-state index >= 15 is 0 Å². The Morgan fingerprint density at radius 2 is 2.08 bits per heavy atom. The summed E-state index contributed by atoms with van der Waals surface area (Å²) in [5.41, 5.74) is 2.21. The van der Waals surface area contributed by atoms with Crippen molar-refractivity contribution < 1.29 is 14.1 Å². The summed E-state index contributed by atoms with van der Waals surface area (Å²) in [6.07, 6.45) is 0.514. The van der Waals surface area contributed by atoms with Crippen LogP contribution in [-0.4, -0.2) is 23.5 Å². The summed E-state index contributed by atoms with van der Waals surface area (Å²) in [4.78, 5) is 23.7. The second kappa shape index (κ2) is 7.62. The fourth-order valence-corrected chi connectivity index (χ4v) is 2.28. The average Bonchev–Trinajstić information content (AvgIpc) is 2.88. The third-order valence-corrected chi connectivity index (χ3v) is 3.72. The van der Waals surface area contributed by atoms with E-state index in [1.165, 1.54) is 18.2 Å². The van der Waals surface area contributed by atoms with E-state index in [0.29, 0.717) is 17.9 Å². The van der Waals surface area contributed by atoms with Gasteiger partial charge in [0.1, 0.15) is 11.8 Å². The summed E-state index contributed by atoms with van der Waals surface area (Å²) in [7, 11) is 0. The molecule has 1 heterocycles. The zero-order valence-electron chi connectivity index (χ0n) is 13.1. The number of carbonyl (C=O) groups is 2. The highest BCUT2D eigenvalue weighted by atomic mass is 35.5. The monoisotopic (exact) mass is 346 g/mol. The number of amides is 2. The van der Waals surface area contributed by atoms with Crippen LogP contribution in [0.1, 0.15) is 22.6 Å². The third-order valence-electron chi connectivity index (χ3n) is 3.39. The van der Waals surface area contributed by atoms with E-state index in [4.69, 9.17) is 21.4 Å². The molecule has 0 unspecified atom stereocenters. The molecule has 0 spiro atoms. The molecule has 0 aliphatic carbocycles. The standard InChI is InChI=1S/C16H15ClN4O3/c1-9-13(10(2)24-21-9)5-6-19-15(22)16(23)20-12-3-4-14(17)11(7-12)8-18/h3-4,7H,5-6H2,1-2H3,(H,19,22)(H,20,23). The van der Waals surface area contributed by atoms with Crippen molar-refractivity contribution in [3.05, 3.63) is 45.8 Å². The van der Waals surface area contributed by atoms with Crippen molar-refractivity contribution in [3.63, 3.8) is 0 Å². The van der Waals surface area contributed by atoms with Crippen LogP contribution in [0, 0.1) is 25.2 Å². The van der Waals surface area contributed by atoms with Crippen molar-refractivity contribution in [1.82, 2.24) is 10.5 Å². The Labute approximate surface area is 143 Å². The van der Waals surface area contributed by atoms with E-state index in [2.05, 4.69) is 15.8 Å². The second-order valence-electron chi connectivity index (χ2n) is 5.07. The molecule has 0 aliphatic heterocycles. The van der Waals surface area contributed by atoms with Gasteiger partial charge in [-0.05, 0) is 38.5 Å². The molecule has 124 valence electrons. The first kappa shape index (κ1) is 17.5. The lowest BCUT2D eigenvalue weighted by atomic mass is 10.1. The molecule has 7 nitrogen and oxygen atoms in total. The zero-order valence-corrected chi connectivity index (χ0v) is 13.9. The predicted octanol–water partition coefficient (Wildman–Crippen LogP) is 2.11. The smallest absolute Gasteiger partial charge is 0.313 e. The van der Waals surface area contributed by atoms with E-state index < -0.39 is 11.8 Å². The summed E-state index contributed by atoms with van der Waals surface area (Å²) in [6.45, 7) is 3.88. The molecule has 24 heavy (non-hydrogen) atoms. The van der Waals surface area contributed by atoms with Gasteiger partial charge in [0.25, 0.3) is 0 Å². The Balaban J connectivity index is 1.89.